The van der Waals surface area contributed by atoms with Crippen LogP contribution in [0, 0.1) is 0 Å². The molecule has 178 valence electrons. The molecule has 4 rings (SSSR count). The fourth-order valence-electron chi connectivity index (χ4n) is 4.23. The molecule has 1 heterocycles. The second kappa shape index (κ2) is 10.7. The molecule has 0 spiro atoms. The number of ether oxygens (including phenoxy) is 2. The first-order valence-corrected chi connectivity index (χ1v) is 11.3. The summed E-state index contributed by atoms with van der Waals surface area (Å²) >= 11 is 0. The van der Waals surface area contributed by atoms with Crippen LogP contribution in [0.5, 0.6) is 11.5 Å². The molecular weight excluding hydrogens is 442 g/mol. The first-order chi connectivity index (χ1) is 17.0. The lowest BCUT2D eigenvalue weighted by atomic mass is 9.95. The molecule has 35 heavy (non-hydrogen) atoms. The van der Waals surface area contributed by atoms with E-state index in [1.54, 1.807) is 24.3 Å². The summed E-state index contributed by atoms with van der Waals surface area (Å²) in [4.78, 5) is 28.0. The Kier molecular flexibility index (Phi) is 7.31. The van der Waals surface area contributed by atoms with Gasteiger partial charge < -0.3 is 19.5 Å². The molecule has 3 aromatic rings. The van der Waals surface area contributed by atoms with Crippen LogP contribution in [0.4, 0.5) is 0 Å². The highest BCUT2D eigenvalue weighted by molar-refractivity contribution is 6.14. The number of rotatable bonds is 9. The first kappa shape index (κ1) is 23.8. The zero-order valence-electron chi connectivity index (χ0n) is 19.7. The van der Waals surface area contributed by atoms with Crippen molar-refractivity contribution in [2.24, 2.45) is 0 Å². The van der Waals surface area contributed by atoms with Gasteiger partial charge in [-0.3, -0.25) is 9.59 Å². The monoisotopic (exact) mass is 469 g/mol. The van der Waals surface area contributed by atoms with Crippen molar-refractivity contribution in [3.8, 4) is 11.5 Å². The van der Waals surface area contributed by atoms with Gasteiger partial charge in [-0.25, -0.2) is 0 Å². The normalized spacial score (nSPS) is 15.7. The van der Waals surface area contributed by atoms with Crippen LogP contribution in [0.1, 0.15) is 22.7 Å². The van der Waals surface area contributed by atoms with Crippen LogP contribution in [0.2, 0.25) is 0 Å². The Labute approximate surface area is 204 Å². The van der Waals surface area contributed by atoms with E-state index in [2.05, 4.69) is 0 Å². The molecule has 3 aromatic carbocycles. The van der Waals surface area contributed by atoms with Gasteiger partial charge in [0.1, 0.15) is 0 Å². The summed E-state index contributed by atoms with van der Waals surface area (Å²) in [5.41, 5.74) is 2.58. The molecule has 6 nitrogen and oxygen atoms in total. The molecule has 0 bridgehead atoms. The molecule has 0 saturated carbocycles. The smallest absolute Gasteiger partial charge is 0.290 e. The lowest BCUT2D eigenvalue weighted by molar-refractivity contribution is -0.129. The van der Waals surface area contributed by atoms with Crippen LogP contribution >= 0.6 is 0 Å². The fourth-order valence-corrected chi connectivity index (χ4v) is 4.23. The fraction of sp³-hybridized carbons (Fsp3) is 0.172. The zero-order chi connectivity index (χ0) is 24.8. The molecule has 1 N–H and O–H groups in total. The van der Waals surface area contributed by atoms with Crippen molar-refractivity contribution in [2.75, 3.05) is 20.8 Å². The number of aliphatic hydroxyl groups excluding tert-OH is 1. The lowest BCUT2D eigenvalue weighted by Crippen LogP contribution is -2.33. The minimum atomic E-state index is -0.765. The van der Waals surface area contributed by atoms with Gasteiger partial charge in [-0.2, -0.15) is 0 Å². The summed E-state index contributed by atoms with van der Waals surface area (Å²) in [6.07, 6.45) is 3.64. The van der Waals surface area contributed by atoms with Gasteiger partial charge in [-0.15, -0.1) is 0 Å². The van der Waals surface area contributed by atoms with Crippen LogP contribution in [-0.2, 0) is 16.0 Å². The van der Waals surface area contributed by atoms with Crippen LogP contribution in [0.3, 0.4) is 0 Å². The van der Waals surface area contributed by atoms with Gasteiger partial charge in [0.2, 0.25) is 0 Å². The number of aliphatic hydroxyl groups is 1. The Bertz CT molecular complexity index is 1260. The minimum Gasteiger partial charge on any atom is -0.503 e. The second-order valence-electron chi connectivity index (χ2n) is 8.12. The average molecular weight is 470 g/mol. The lowest BCUT2D eigenvalue weighted by Gasteiger charge is -2.27. The average Bonchev–Trinajstić information content (AvgIpc) is 3.16. The van der Waals surface area contributed by atoms with Gasteiger partial charge in [0.25, 0.3) is 5.91 Å². The van der Waals surface area contributed by atoms with Gasteiger partial charge >= 0.3 is 0 Å². The van der Waals surface area contributed by atoms with Gasteiger partial charge in [-0.1, -0.05) is 72.8 Å². The van der Waals surface area contributed by atoms with E-state index in [1.807, 2.05) is 60.7 Å². The van der Waals surface area contributed by atoms with Crippen molar-refractivity contribution in [2.45, 2.75) is 12.5 Å². The van der Waals surface area contributed by atoms with Crippen molar-refractivity contribution in [3.63, 3.8) is 0 Å². The number of amides is 1. The summed E-state index contributed by atoms with van der Waals surface area (Å²) < 4.78 is 10.8. The number of hydrogen-bond donors (Lipinski definition) is 1. The Morgan fingerprint density at radius 1 is 0.943 bits per heavy atom. The predicted molar refractivity (Wildman–Crippen MR) is 134 cm³/mol. The van der Waals surface area contributed by atoms with E-state index in [-0.39, 0.29) is 5.57 Å². The third-order valence-electron chi connectivity index (χ3n) is 6.00. The SMILES string of the molecule is COc1ccc(C2C(C(=O)C=Cc3ccccc3)=C(O)C(=O)N2CCc2ccccc2)cc1OC. The molecular formula is C29H27NO5. The van der Waals surface area contributed by atoms with Crippen molar-refractivity contribution in [1.82, 2.24) is 4.90 Å². The number of allylic oxidation sites excluding steroid dienone is 1. The zero-order valence-corrected chi connectivity index (χ0v) is 19.7. The summed E-state index contributed by atoms with van der Waals surface area (Å²) in [5, 5.41) is 10.8. The van der Waals surface area contributed by atoms with E-state index in [1.165, 1.54) is 25.2 Å². The molecule has 0 radical (unpaired) electrons. The number of nitrogens with zero attached hydrogens (tertiary/aromatic N) is 1. The topological polar surface area (TPSA) is 76.1 Å². The summed E-state index contributed by atoms with van der Waals surface area (Å²) in [5.74, 6) is -0.528. The van der Waals surface area contributed by atoms with Crippen LogP contribution in [-0.4, -0.2) is 42.5 Å². The largest absolute Gasteiger partial charge is 0.503 e. The van der Waals surface area contributed by atoms with Crippen LogP contribution in [0.15, 0.2) is 96.3 Å². The highest BCUT2D eigenvalue weighted by atomic mass is 16.5. The molecule has 6 heteroatoms. The maximum atomic E-state index is 13.3. The van der Waals surface area contributed by atoms with Crippen molar-refractivity contribution in [1.29, 1.82) is 0 Å². The molecule has 1 aliphatic heterocycles. The molecule has 1 atom stereocenters. The van der Waals surface area contributed by atoms with Crippen molar-refractivity contribution < 1.29 is 24.2 Å². The molecule has 0 aromatic heterocycles. The molecule has 1 amide bonds. The quantitative estimate of drug-likeness (QED) is 0.450. The van der Waals surface area contributed by atoms with E-state index >= 15 is 0 Å². The third-order valence-corrected chi connectivity index (χ3v) is 6.00. The van der Waals surface area contributed by atoms with E-state index in [9.17, 15) is 14.7 Å². The number of ketones is 1. The van der Waals surface area contributed by atoms with Gasteiger partial charge in [0.15, 0.2) is 23.0 Å². The van der Waals surface area contributed by atoms with E-state index < -0.39 is 23.5 Å². The molecule has 1 unspecified atom stereocenters. The minimum absolute atomic E-state index is 0.0439. The first-order valence-electron chi connectivity index (χ1n) is 11.3. The van der Waals surface area contributed by atoms with Gasteiger partial charge in [0.05, 0.1) is 25.8 Å². The molecule has 0 saturated heterocycles. The van der Waals surface area contributed by atoms with E-state index in [4.69, 9.17) is 9.47 Å². The summed E-state index contributed by atoms with van der Waals surface area (Å²) in [6.45, 7) is 0.325. The molecule has 0 aliphatic carbocycles. The number of benzene rings is 3. The highest BCUT2D eigenvalue weighted by Gasteiger charge is 2.42. The van der Waals surface area contributed by atoms with Crippen molar-refractivity contribution in [3.05, 3.63) is 113 Å². The summed E-state index contributed by atoms with van der Waals surface area (Å²) in [6, 6.07) is 23.6. The van der Waals surface area contributed by atoms with Crippen LogP contribution < -0.4 is 9.47 Å². The predicted octanol–water partition coefficient (Wildman–Crippen LogP) is 4.92. The third kappa shape index (κ3) is 5.11. The Morgan fingerprint density at radius 2 is 1.60 bits per heavy atom. The second-order valence-corrected chi connectivity index (χ2v) is 8.12. The number of carbonyl (C=O) groups excluding carboxylic acids is 2. The maximum Gasteiger partial charge on any atom is 0.290 e. The summed E-state index contributed by atoms with van der Waals surface area (Å²) in [7, 11) is 3.06. The Balaban J connectivity index is 1.71. The van der Waals surface area contributed by atoms with E-state index in [0.29, 0.717) is 30.0 Å². The van der Waals surface area contributed by atoms with Crippen LogP contribution in [0.25, 0.3) is 6.08 Å². The molecule has 0 fully saturated rings. The Hall–Kier alpha value is -4.32. The number of carbonyl (C=O) groups is 2. The van der Waals surface area contributed by atoms with Gasteiger partial charge in [-0.05, 0) is 41.3 Å². The Morgan fingerprint density at radius 3 is 2.26 bits per heavy atom. The van der Waals surface area contributed by atoms with Crippen molar-refractivity contribution >= 4 is 17.8 Å². The maximum absolute atomic E-state index is 13.3. The molecule has 1 aliphatic rings. The standard InChI is InChI=1S/C29H27NO5/c1-34-24-16-14-22(19-25(24)35-2)27-26(23(31)15-13-20-9-5-3-6-10-20)28(32)29(33)30(27)18-17-21-11-7-4-8-12-21/h3-16,19,27,32H,17-18H2,1-2H3. The van der Waals surface area contributed by atoms with E-state index in [0.717, 1.165) is 11.1 Å². The number of hydrogen-bond acceptors (Lipinski definition) is 5. The highest BCUT2D eigenvalue weighted by Crippen LogP contribution is 2.41. The van der Waals surface area contributed by atoms with Gasteiger partial charge in [0, 0.05) is 6.54 Å². The number of methoxy groups -OCH3 is 2.